The van der Waals surface area contributed by atoms with E-state index in [4.69, 9.17) is 14.5 Å². The molecule has 0 spiro atoms. The first-order valence-corrected chi connectivity index (χ1v) is 12.0. The summed E-state index contributed by atoms with van der Waals surface area (Å²) in [4.78, 5) is 20.3. The molecule has 0 amide bonds. The minimum absolute atomic E-state index is 0.129. The average molecular weight is 475 g/mol. The van der Waals surface area contributed by atoms with E-state index in [1.807, 2.05) is 29.7 Å². The fourth-order valence-corrected chi connectivity index (χ4v) is 5.19. The van der Waals surface area contributed by atoms with E-state index in [1.54, 1.807) is 18.5 Å². The van der Waals surface area contributed by atoms with Crippen molar-refractivity contribution < 1.29 is 13.9 Å². The van der Waals surface area contributed by atoms with Gasteiger partial charge in [0.15, 0.2) is 5.65 Å². The Bertz CT molecular complexity index is 1370. The zero-order chi connectivity index (χ0) is 23.9. The Labute approximate surface area is 202 Å². The monoisotopic (exact) mass is 474 g/mol. The van der Waals surface area contributed by atoms with Gasteiger partial charge in [0.1, 0.15) is 29.0 Å². The van der Waals surface area contributed by atoms with Gasteiger partial charge in [-0.1, -0.05) is 6.07 Å². The predicted molar refractivity (Wildman–Crippen MR) is 129 cm³/mol. The second kappa shape index (κ2) is 8.88. The largest absolute Gasteiger partial charge is 0.489 e. The van der Waals surface area contributed by atoms with Crippen LogP contribution in [0.1, 0.15) is 24.1 Å². The zero-order valence-corrected chi connectivity index (χ0v) is 19.8. The maximum Gasteiger partial charge on any atom is 0.318 e. The lowest BCUT2D eigenvalue weighted by molar-refractivity contribution is -0.00789. The standard InChI is InChI=1S/C26H27FN6O2/c1-16-23-25(31-26(29-16)34-2)33(24(30-23)18-4-3-9-28-13-18)14-19-5-6-20(12-21(19)27)35-22-15-32-10-7-17(22)8-11-32/h3-6,9,12-13,17,22H,7-8,10-11,14-15H2,1-2H3. The van der Waals surface area contributed by atoms with Gasteiger partial charge in [-0.05, 0) is 57.0 Å². The third-order valence-electron chi connectivity index (χ3n) is 7.09. The zero-order valence-electron chi connectivity index (χ0n) is 19.8. The van der Waals surface area contributed by atoms with Crippen molar-refractivity contribution in [3.63, 3.8) is 0 Å². The predicted octanol–water partition coefficient (Wildman–Crippen LogP) is 3.87. The Morgan fingerprint density at radius 3 is 2.66 bits per heavy atom. The number of ether oxygens (including phenoxy) is 2. The number of aromatic nitrogens is 5. The molecule has 3 saturated heterocycles. The smallest absolute Gasteiger partial charge is 0.318 e. The van der Waals surface area contributed by atoms with E-state index in [9.17, 15) is 0 Å². The third-order valence-corrected chi connectivity index (χ3v) is 7.09. The molecule has 3 fully saturated rings. The molecule has 1 atom stereocenters. The van der Waals surface area contributed by atoms with Gasteiger partial charge in [0.2, 0.25) is 0 Å². The van der Waals surface area contributed by atoms with Crippen LogP contribution in [0.4, 0.5) is 4.39 Å². The molecule has 180 valence electrons. The summed E-state index contributed by atoms with van der Waals surface area (Å²) in [6, 6.07) is 9.16. The Balaban J connectivity index is 1.35. The molecule has 0 radical (unpaired) electrons. The van der Waals surface area contributed by atoms with E-state index >= 15 is 4.39 Å². The summed E-state index contributed by atoms with van der Waals surface area (Å²) < 4.78 is 28.7. The fraction of sp³-hybridized carbons (Fsp3) is 0.385. The highest BCUT2D eigenvalue weighted by Gasteiger charge is 2.35. The van der Waals surface area contributed by atoms with Crippen LogP contribution in [0, 0.1) is 18.7 Å². The van der Waals surface area contributed by atoms with E-state index < -0.39 is 0 Å². The molecule has 3 aromatic heterocycles. The quantitative estimate of drug-likeness (QED) is 0.420. The van der Waals surface area contributed by atoms with Crippen LogP contribution in [-0.4, -0.2) is 62.3 Å². The van der Waals surface area contributed by atoms with E-state index in [0.29, 0.717) is 39.9 Å². The second-order valence-electron chi connectivity index (χ2n) is 9.28. The lowest BCUT2D eigenvalue weighted by Crippen LogP contribution is -2.52. The number of aryl methyl sites for hydroxylation is 1. The van der Waals surface area contributed by atoms with Gasteiger partial charge in [-0.15, -0.1) is 0 Å². The molecule has 0 N–H and O–H groups in total. The fourth-order valence-electron chi connectivity index (χ4n) is 5.19. The number of hydrogen-bond donors (Lipinski definition) is 0. The highest BCUT2D eigenvalue weighted by atomic mass is 19.1. The Hall–Kier alpha value is -3.59. The van der Waals surface area contributed by atoms with Crippen LogP contribution in [0.3, 0.4) is 0 Å². The third kappa shape index (κ3) is 4.10. The van der Waals surface area contributed by atoms with Gasteiger partial charge in [0.25, 0.3) is 0 Å². The summed E-state index contributed by atoms with van der Waals surface area (Å²) in [7, 11) is 1.52. The first-order chi connectivity index (χ1) is 17.1. The summed E-state index contributed by atoms with van der Waals surface area (Å²) >= 11 is 0. The molecule has 0 aliphatic carbocycles. The summed E-state index contributed by atoms with van der Waals surface area (Å²) in [6.07, 6.45) is 5.88. The number of imidazole rings is 1. The van der Waals surface area contributed by atoms with Gasteiger partial charge in [-0.25, -0.2) is 9.37 Å². The van der Waals surface area contributed by atoms with Crippen molar-refractivity contribution in [2.45, 2.75) is 32.4 Å². The van der Waals surface area contributed by atoms with Gasteiger partial charge in [-0.3, -0.25) is 9.88 Å². The van der Waals surface area contributed by atoms with Crippen molar-refractivity contribution >= 4 is 11.2 Å². The Morgan fingerprint density at radius 2 is 1.97 bits per heavy atom. The first kappa shape index (κ1) is 21.9. The number of rotatable bonds is 6. The number of piperidine rings is 3. The van der Waals surface area contributed by atoms with E-state index in [0.717, 1.165) is 38.0 Å². The molecule has 4 aromatic rings. The van der Waals surface area contributed by atoms with Gasteiger partial charge < -0.3 is 14.0 Å². The topological polar surface area (TPSA) is 78.2 Å². The van der Waals surface area contributed by atoms with Crippen LogP contribution in [0.2, 0.25) is 0 Å². The van der Waals surface area contributed by atoms with E-state index in [-0.39, 0.29) is 24.5 Å². The van der Waals surface area contributed by atoms with Crippen molar-refractivity contribution in [2.75, 3.05) is 26.7 Å². The number of benzene rings is 1. The van der Waals surface area contributed by atoms with Gasteiger partial charge in [0, 0.05) is 36.1 Å². The molecule has 7 rings (SSSR count). The molecule has 6 heterocycles. The summed E-state index contributed by atoms with van der Waals surface area (Å²) in [6.45, 7) is 5.31. The number of halogens is 1. The summed E-state index contributed by atoms with van der Waals surface area (Å²) in [5.74, 6) is 1.46. The van der Waals surface area contributed by atoms with Crippen molar-refractivity contribution in [3.05, 3.63) is 59.8 Å². The molecular formula is C26H27FN6O2. The maximum absolute atomic E-state index is 15.3. The summed E-state index contributed by atoms with van der Waals surface area (Å²) in [5.41, 5.74) is 3.25. The minimum atomic E-state index is -0.319. The molecule has 1 aromatic carbocycles. The highest BCUT2D eigenvalue weighted by molar-refractivity contribution is 5.79. The van der Waals surface area contributed by atoms with Crippen molar-refractivity contribution in [1.29, 1.82) is 0 Å². The van der Waals surface area contributed by atoms with Crippen molar-refractivity contribution in [3.8, 4) is 23.1 Å². The second-order valence-corrected chi connectivity index (χ2v) is 9.28. The molecular weight excluding hydrogens is 447 g/mol. The number of nitrogens with zero attached hydrogens (tertiary/aromatic N) is 6. The molecule has 35 heavy (non-hydrogen) atoms. The van der Waals surface area contributed by atoms with Crippen LogP contribution < -0.4 is 9.47 Å². The molecule has 9 heteroatoms. The normalized spacial score (nSPS) is 21.4. The lowest BCUT2D eigenvalue weighted by Gasteiger charge is -2.44. The highest BCUT2D eigenvalue weighted by Crippen LogP contribution is 2.32. The van der Waals surface area contributed by atoms with Crippen molar-refractivity contribution in [1.82, 2.24) is 29.4 Å². The number of hydrogen-bond acceptors (Lipinski definition) is 7. The molecule has 0 saturated carbocycles. The molecule has 3 aliphatic rings. The molecule has 3 aliphatic heterocycles. The SMILES string of the molecule is COc1nc(C)c2nc(-c3cccnc3)n(Cc3ccc(OC4CN5CCC4CC5)cc3F)c2n1. The van der Waals surface area contributed by atoms with Gasteiger partial charge in [-0.2, -0.15) is 9.97 Å². The minimum Gasteiger partial charge on any atom is -0.489 e. The first-order valence-electron chi connectivity index (χ1n) is 12.0. The van der Waals surface area contributed by atoms with Gasteiger partial charge in [0.05, 0.1) is 19.3 Å². The molecule has 8 nitrogen and oxygen atoms in total. The van der Waals surface area contributed by atoms with Crippen LogP contribution in [0.25, 0.3) is 22.6 Å². The number of fused-ring (bicyclic) bond motifs is 4. The lowest BCUT2D eigenvalue weighted by atomic mass is 9.86. The Morgan fingerprint density at radius 1 is 1.11 bits per heavy atom. The summed E-state index contributed by atoms with van der Waals surface area (Å²) in [5, 5.41) is 0. The van der Waals surface area contributed by atoms with Crippen LogP contribution in [0.5, 0.6) is 11.8 Å². The van der Waals surface area contributed by atoms with Crippen LogP contribution >= 0.6 is 0 Å². The average Bonchev–Trinajstić information content (AvgIpc) is 3.25. The molecule has 1 unspecified atom stereocenters. The number of methoxy groups -OCH3 is 1. The van der Waals surface area contributed by atoms with Crippen LogP contribution in [-0.2, 0) is 6.54 Å². The Kier molecular flexibility index (Phi) is 5.56. The maximum atomic E-state index is 15.3. The van der Waals surface area contributed by atoms with Crippen molar-refractivity contribution in [2.24, 2.45) is 5.92 Å². The van der Waals surface area contributed by atoms with E-state index in [1.165, 1.54) is 13.2 Å². The van der Waals surface area contributed by atoms with Gasteiger partial charge >= 0.3 is 6.01 Å². The number of pyridine rings is 1. The van der Waals surface area contributed by atoms with E-state index in [2.05, 4.69) is 19.9 Å². The molecule has 2 bridgehead atoms. The van der Waals surface area contributed by atoms with Crippen LogP contribution in [0.15, 0.2) is 42.7 Å².